The number of para-hydroxylation sites is 1. The predicted octanol–water partition coefficient (Wildman–Crippen LogP) is 2.43. The molecule has 0 radical (unpaired) electrons. The summed E-state index contributed by atoms with van der Waals surface area (Å²) in [6.45, 7) is 5.65. The third-order valence-electron chi connectivity index (χ3n) is 3.48. The molecule has 1 atom stereocenters. The summed E-state index contributed by atoms with van der Waals surface area (Å²) >= 11 is 0. The van der Waals surface area contributed by atoms with Gasteiger partial charge in [0.05, 0.1) is 35.7 Å². The normalized spacial score (nSPS) is 22.3. The average molecular weight is 278 g/mol. The Hall–Kier alpha value is -1.75. The van der Waals surface area contributed by atoms with Gasteiger partial charge in [-0.2, -0.15) is 0 Å². The van der Waals surface area contributed by atoms with Crippen molar-refractivity contribution in [2.75, 3.05) is 30.9 Å². The Kier molecular flexibility index (Phi) is 4.49. The molecule has 110 valence electrons. The Labute approximate surface area is 119 Å². The number of ether oxygens (including phenoxy) is 2. The summed E-state index contributed by atoms with van der Waals surface area (Å²) < 4.78 is 10.5. The SMILES string of the molecule is CCOC(=O)c1cccc(NC2(C)CCCOC2)c1N. The van der Waals surface area contributed by atoms with Crippen molar-refractivity contribution in [1.82, 2.24) is 0 Å². The maximum absolute atomic E-state index is 11.8. The molecule has 0 saturated carbocycles. The fraction of sp³-hybridized carbons (Fsp3) is 0.533. The van der Waals surface area contributed by atoms with E-state index in [9.17, 15) is 4.79 Å². The van der Waals surface area contributed by atoms with Crippen LogP contribution in [0.15, 0.2) is 18.2 Å². The van der Waals surface area contributed by atoms with E-state index in [1.807, 2.05) is 6.07 Å². The number of nitrogen functional groups attached to an aromatic ring is 1. The van der Waals surface area contributed by atoms with Gasteiger partial charge >= 0.3 is 5.97 Å². The molecule has 1 saturated heterocycles. The summed E-state index contributed by atoms with van der Waals surface area (Å²) in [6.07, 6.45) is 2.02. The van der Waals surface area contributed by atoms with Gasteiger partial charge in [0, 0.05) is 6.61 Å². The molecule has 3 N–H and O–H groups in total. The second-order valence-corrected chi connectivity index (χ2v) is 5.33. The fourth-order valence-corrected chi connectivity index (χ4v) is 2.42. The molecule has 0 spiro atoms. The minimum Gasteiger partial charge on any atom is -0.462 e. The van der Waals surface area contributed by atoms with Crippen molar-refractivity contribution in [3.05, 3.63) is 23.8 Å². The molecule has 5 nitrogen and oxygen atoms in total. The molecule has 0 aliphatic carbocycles. The summed E-state index contributed by atoms with van der Waals surface area (Å²) in [7, 11) is 0. The monoisotopic (exact) mass is 278 g/mol. The molecular weight excluding hydrogens is 256 g/mol. The molecular formula is C15H22N2O3. The van der Waals surface area contributed by atoms with Crippen molar-refractivity contribution in [2.45, 2.75) is 32.2 Å². The van der Waals surface area contributed by atoms with Crippen LogP contribution in [0.2, 0.25) is 0 Å². The summed E-state index contributed by atoms with van der Waals surface area (Å²) in [5.74, 6) is -0.390. The molecule has 0 aromatic heterocycles. The molecule has 2 rings (SSSR count). The summed E-state index contributed by atoms with van der Waals surface area (Å²) in [4.78, 5) is 11.8. The second kappa shape index (κ2) is 6.13. The minimum atomic E-state index is -0.390. The Balaban J connectivity index is 2.20. The first-order valence-electron chi connectivity index (χ1n) is 6.97. The Bertz CT molecular complexity index is 482. The van der Waals surface area contributed by atoms with Gasteiger partial charge in [0.2, 0.25) is 0 Å². The number of anilines is 2. The van der Waals surface area contributed by atoms with Crippen LogP contribution in [0, 0.1) is 0 Å². The van der Waals surface area contributed by atoms with Crippen LogP contribution in [-0.2, 0) is 9.47 Å². The average Bonchev–Trinajstić information content (AvgIpc) is 2.42. The van der Waals surface area contributed by atoms with Crippen molar-refractivity contribution in [2.24, 2.45) is 0 Å². The van der Waals surface area contributed by atoms with E-state index in [1.165, 1.54) is 0 Å². The van der Waals surface area contributed by atoms with Gasteiger partial charge in [0.25, 0.3) is 0 Å². The van der Waals surface area contributed by atoms with Crippen LogP contribution in [-0.4, -0.2) is 31.3 Å². The van der Waals surface area contributed by atoms with E-state index in [0.717, 1.165) is 25.1 Å². The number of nitrogens with one attached hydrogen (secondary N) is 1. The van der Waals surface area contributed by atoms with E-state index >= 15 is 0 Å². The zero-order valence-electron chi connectivity index (χ0n) is 12.1. The van der Waals surface area contributed by atoms with Gasteiger partial charge in [-0.1, -0.05) is 6.07 Å². The van der Waals surface area contributed by atoms with Crippen molar-refractivity contribution < 1.29 is 14.3 Å². The number of benzene rings is 1. The number of carbonyl (C=O) groups is 1. The lowest BCUT2D eigenvalue weighted by Crippen LogP contribution is -2.43. The Morgan fingerprint density at radius 3 is 3.00 bits per heavy atom. The summed E-state index contributed by atoms with van der Waals surface area (Å²) in [5, 5.41) is 3.41. The van der Waals surface area contributed by atoms with Gasteiger partial charge in [0.15, 0.2) is 0 Å². The van der Waals surface area contributed by atoms with E-state index < -0.39 is 5.97 Å². The summed E-state index contributed by atoms with van der Waals surface area (Å²) in [5.41, 5.74) is 7.52. The maximum Gasteiger partial charge on any atom is 0.340 e. The third kappa shape index (κ3) is 3.22. The molecule has 1 aromatic carbocycles. The van der Waals surface area contributed by atoms with Gasteiger partial charge in [-0.15, -0.1) is 0 Å². The molecule has 0 amide bonds. The van der Waals surface area contributed by atoms with E-state index in [2.05, 4.69) is 12.2 Å². The van der Waals surface area contributed by atoms with E-state index in [0.29, 0.717) is 24.5 Å². The van der Waals surface area contributed by atoms with Crippen LogP contribution in [0.5, 0.6) is 0 Å². The van der Waals surface area contributed by atoms with Crippen LogP contribution >= 0.6 is 0 Å². The highest BCUT2D eigenvalue weighted by Gasteiger charge is 2.28. The molecule has 20 heavy (non-hydrogen) atoms. The van der Waals surface area contributed by atoms with Crippen LogP contribution in [0.4, 0.5) is 11.4 Å². The number of rotatable bonds is 4. The highest BCUT2D eigenvalue weighted by molar-refractivity contribution is 5.98. The van der Waals surface area contributed by atoms with Crippen molar-refractivity contribution in [1.29, 1.82) is 0 Å². The molecule has 1 fully saturated rings. The lowest BCUT2D eigenvalue weighted by atomic mass is 9.94. The quantitative estimate of drug-likeness (QED) is 0.653. The zero-order valence-corrected chi connectivity index (χ0v) is 12.1. The lowest BCUT2D eigenvalue weighted by molar-refractivity contribution is 0.0526. The standard InChI is InChI=1S/C15H22N2O3/c1-3-20-14(18)11-6-4-7-12(13(11)16)17-15(2)8-5-9-19-10-15/h4,6-7,17H,3,5,8-10,16H2,1-2H3. The number of esters is 1. The van der Waals surface area contributed by atoms with Crippen LogP contribution in [0.1, 0.15) is 37.0 Å². The third-order valence-corrected chi connectivity index (χ3v) is 3.48. The first-order valence-corrected chi connectivity index (χ1v) is 6.97. The first-order chi connectivity index (χ1) is 9.56. The van der Waals surface area contributed by atoms with Gasteiger partial charge in [0.1, 0.15) is 0 Å². The van der Waals surface area contributed by atoms with Gasteiger partial charge in [-0.25, -0.2) is 4.79 Å². The summed E-state index contributed by atoms with van der Waals surface area (Å²) in [6, 6.07) is 5.36. The second-order valence-electron chi connectivity index (χ2n) is 5.33. The Morgan fingerprint density at radius 1 is 1.55 bits per heavy atom. The van der Waals surface area contributed by atoms with Crippen LogP contribution in [0.3, 0.4) is 0 Å². The fourth-order valence-electron chi connectivity index (χ4n) is 2.42. The molecule has 1 aliphatic heterocycles. The maximum atomic E-state index is 11.8. The number of hydrogen-bond acceptors (Lipinski definition) is 5. The number of nitrogens with two attached hydrogens (primary N) is 1. The van der Waals surface area contributed by atoms with E-state index in [4.69, 9.17) is 15.2 Å². The minimum absolute atomic E-state index is 0.153. The lowest BCUT2D eigenvalue weighted by Gasteiger charge is -2.35. The van der Waals surface area contributed by atoms with Crippen LogP contribution in [0.25, 0.3) is 0 Å². The molecule has 1 unspecified atom stereocenters. The molecule has 0 bridgehead atoms. The zero-order chi connectivity index (χ0) is 14.6. The molecule has 1 aromatic rings. The van der Waals surface area contributed by atoms with Crippen LogP contribution < -0.4 is 11.1 Å². The molecule has 1 heterocycles. The van der Waals surface area contributed by atoms with Crippen molar-refractivity contribution >= 4 is 17.3 Å². The van der Waals surface area contributed by atoms with Crippen molar-refractivity contribution in [3.63, 3.8) is 0 Å². The van der Waals surface area contributed by atoms with Gasteiger partial charge in [-0.3, -0.25) is 0 Å². The smallest absolute Gasteiger partial charge is 0.340 e. The van der Waals surface area contributed by atoms with Gasteiger partial charge in [-0.05, 0) is 38.8 Å². The van der Waals surface area contributed by atoms with E-state index in [1.54, 1.807) is 19.1 Å². The van der Waals surface area contributed by atoms with E-state index in [-0.39, 0.29) is 5.54 Å². The largest absolute Gasteiger partial charge is 0.462 e. The van der Waals surface area contributed by atoms with Gasteiger partial charge < -0.3 is 20.5 Å². The Morgan fingerprint density at radius 2 is 2.35 bits per heavy atom. The number of hydrogen-bond donors (Lipinski definition) is 2. The topological polar surface area (TPSA) is 73.6 Å². The highest BCUT2D eigenvalue weighted by Crippen LogP contribution is 2.29. The number of carbonyl (C=O) groups excluding carboxylic acids is 1. The predicted molar refractivity (Wildman–Crippen MR) is 78.9 cm³/mol. The highest BCUT2D eigenvalue weighted by atomic mass is 16.5. The molecule has 5 heteroatoms. The molecule has 1 aliphatic rings. The van der Waals surface area contributed by atoms with Crippen molar-refractivity contribution in [3.8, 4) is 0 Å². The first kappa shape index (κ1) is 14.7.